The van der Waals surface area contributed by atoms with Crippen LogP contribution in [-0.2, 0) is 13.1 Å². The normalized spacial score (nSPS) is 11.8. The van der Waals surface area contributed by atoms with Gasteiger partial charge in [0, 0.05) is 59.1 Å². The van der Waals surface area contributed by atoms with Crippen LogP contribution >= 0.6 is 11.3 Å². The van der Waals surface area contributed by atoms with Gasteiger partial charge in [-0.1, -0.05) is 0 Å². The molecule has 150 valence electrons. The summed E-state index contributed by atoms with van der Waals surface area (Å²) in [5.74, 6) is 0.543. The third-order valence-corrected chi connectivity index (χ3v) is 5.90. The Bertz CT molecular complexity index is 1180. The number of rotatable bonds is 6. The first-order chi connectivity index (χ1) is 14.6. The first kappa shape index (κ1) is 19.8. The van der Waals surface area contributed by atoms with E-state index in [1.165, 1.54) is 11.3 Å². The Morgan fingerprint density at radius 2 is 2.20 bits per heavy atom. The molecule has 1 aliphatic heterocycles. The summed E-state index contributed by atoms with van der Waals surface area (Å²) in [6.07, 6.45) is 5.42. The van der Waals surface area contributed by atoms with Gasteiger partial charge in [-0.3, -0.25) is 14.8 Å². The van der Waals surface area contributed by atoms with Gasteiger partial charge in [0.25, 0.3) is 5.91 Å². The maximum absolute atomic E-state index is 13.1. The van der Waals surface area contributed by atoms with Crippen LogP contribution in [0.2, 0.25) is 0 Å². The molecule has 1 amide bonds. The molecule has 7 heteroatoms. The third kappa shape index (κ3) is 3.82. The summed E-state index contributed by atoms with van der Waals surface area (Å²) in [5, 5.41) is 10.9. The van der Waals surface area contributed by atoms with Gasteiger partial charge in [0.15, 0.2) is 0 Å². The monoisotopic (exact) mass is 416 g/mol. The Hall–Kier alpha value is -3.50. The first-order valence-corrected chi connectivity index (χ1v) is 10.5. The summed E-state index contributed by atoms with van der Waals surface area (Å²) < 4.78 is 5.81. The highest BCUT2D eigenvalue weighted by atomic mass is 32.1. The number of hydrogen-bond donors (Lipinski definition) is 0. The van der Waals surface area contributed by atoms with Gasteiger partial charge in [0.1, 0.15) is 11.8 Å². The minimum atomic E-state index is -0.0945. The summed E-state index contributed by atoms with van der Waals surface area (Å²) in [4.78, 5) is 24.3. The van der Waals surface area contributed by atoms with Crippen LogP contribution in [0.1, 0.15) is 39.5 Å². The number of thiophene rings is 1. The average molecular weight is 417 g/mol. The molecule has 0 unspecified atom stereocenters. The summed E-state index contributed by atoms with van der Waals surface area (Å²) in [7, 11) is 1.78. The molecule has 0 radical (unpaired) electrons. The molecular formula is C23H20N4O2S. The molecule has 2 aromatic heterocycles. The quantitative estimate of drug-likeness (QED) is 0.601. The highest BCUT2D eigenvalue weighted by Gasteiger charge is 2.19. The number of hydrogen-bond acceptors (Lipinski definition) is 6. The summed E-state index contributed by atoms with van der Waals surface area (Å²) in [6, 6.07) is 9.45. The number of pyridine rings is 1. The minimum Gasteiger partial charge on any atom is -0.493 e. The predicted octanol–water partition coefficient (Wildman–Crippen LogP) is 4.29. The SMILES string of the molecule is CCOc1cc(C(=O)N(C)Cc2cncc3c2CN=C3)ccc1-c1cc(C#N)cs1. The molecule has 6 nitrogen and oxygen atoms in total. The Morgan fingerprint density at radius 3 is 2.97 bits per heavy atom. The summed E-state index contributed by atoms with van der Waals surface area (Å²) >= 11 is 1.48. The predicted molar refractivity (Wildman–Crippen MR) is 117 cm³/mol. The van der Waals surface area contributed by atoms with Crippen molar-refractivity contribution in [2.24, 2.45) is 4.99 Å². The maximum Gasteiger partial charge on any atom is 0.254 e. The second-order valence-corrected chi connectivity index (χ2v) is 7.86. The Balaban J connectivity index is 1.58. The lowest BCUT2D eigenvalue weighted by molar-refractivity contribution is 0.0784. The van der Waals surface area contributed by atoms with E-state index in [1.54, 1.807) is 36.5 Å². The van der Waals surface area contributed by atoms with E-state index in [0.717, 1.165) is 27.1 Å². The molecule has 0 atom stereocenters. The van der Waals surface area contributed by atoms with Gasteiger partial charge in [-0.05, 0) is 42.3 Å². The van der Waals surface area contributed by atoms with Crippen LogP contribution in [0.4, 0.5) is 0 Å². The first-order valence-electron chi connectivity index (χ1n) is 9.57. The molecule has 30 heavy (non-hydrogen) atoms. The topological polar surface area (TPSA) is 78.6 Å². The van der Waals surface area contributed by atoms with Gasteiger partial charge in [0.2, 0.25) is 0 Å². The fraction of sp³-hybridized carbons (Fsp3) is 0.217. The summed E-state index contributed by atoms with van der Waals surface area (Å²) in [6.45, 7) is 3.48. The van der Waals surface area contributed by atoms with Crippen molar-refractivity contribution < 1.29 is 9.53 Å². The number of fused-ring (bicyclic) bond motifs is 1. The zero-order chi connectivity index (χ0) is 21.1. The molecule has 4 rings (SSSR count). The molecule has 0 saturated carbocycles. The third-order valence-electron chi connectivity index (χ3n) is 4.94. The Morgan fingerprint density at radius 1 is 1.33 bits per heavy atom. The smallest absolute Gasteiger partial charge is 0.254 e. The highest BCUT2D eigenvalue weighted by molar-refractivity contribution is 7.13. The van der Waals surface area contributed by atoms with E-state index in [9.17, 15) is 4.79 Å². The average Bonchev–Trinajstić information content (AvgIpc) is 3.43. The van der Waals surface area contributed by atoms with Crippen molar-refractivity contribution in [3.63, 3.8) is 0 Å². The van der Waals surface area contributed by atoms with Crippen LogP contribution in [-0.4, -0.2) is 35.7 Å². The molecule has 3 heterocycles. The van der Waals surface area contributed by atoms with Crippen molar-refractivity contribution in [1.82, 2.24) is 9.88 Å². The van der Waals surface area contributed by atoms with E-state index in [2.05, 4.69) is 16.0 Å². The molecule has 1 aromatic carbocycles. The maximum atomic E-state index is 13.1. The zero-order valence-electron chi connectivity index (χ0n) is 16.8. The van der Waals surface area contributed by atoms with Gasteiger partial charge in [-0.2, -0.15) is 5.26 Å². The van der Waals surface area contributed by atoms with Crippen molar-refractivity contribution in [3.8, 4) is 22.3 Å². The molecule has 3 aromatic rings. The van der Waals surface area contributed by atoms with Crippen LogP contribution in [0.15, 0.2) is 47.0 Å². The largest absolute Gasteiger partial charge is 0.493 e. The van der Waals surface area contributed by atoms with Gasteiger partial charge < -0.3 is 9.64 Å². The number of aromatic nitrogens is 1. The second-order valence-electron chi connectivity index (χ2n) is 6.95. The van der Waals surface area contributed by atoms with E-state index in [1.807, 2.05) is 30.7 Å². The van der Waals surface area contributed by atoms with Crippen molar-refractivity contribution >= 4 is 23.5 Å². The molecule has 0 N–H and O–H groups in total. The van der Waals surface area contributed by atoms with Crippen molar-refractivity contribution in [2.75, 3.05) is 13.7 Å². The number of aliphatic imine (C=N–C) groups is 1. The molecule has 0 saturated heterocycles. The summed E-state index contributed by atoms with van der Waals surface area (Å²) in [5.41, 5.74) is 5.20. The van der Waals surface area contributed by atoms with Crippen LogP contribution < -0.4 is 4.74 Å². The van der Waals surface area contributed by atoms with E-state index in [0.29, 0.717) is 36.6 Å². The van der Waals surface area contributed by atoms with Crippen LogP contribution in [0, 0.1) is 11.3 Å². The number of nitrogens with zero attached hydrogens (tertiary/aromatic N) is 4. The molecule has 0 bridgehead atoms. The fourth-order valence-electron chi connectivity index (χ4n) is 3.44. The van der Waals surface area contributed by atoms with Crippen molar-refractivity contribution in [3.05, 3.63) is 69.9 Å². The molecule has 0 fully saturated rings. The number of ether oxygens (including phenoxy) is 1. The second kappa shape index (κ2) is 8.47. The van der Waals surface area contributed by atoms with Gasteiger partial charge in [-0.25, -0.2) is 0 Å². The van der Waals surface area contributed by atoms with Gasteiger partial charge in [-0.15, -0.1) is 11.3 Å². The van der Waals surface area contributed by atoms with Crippen molar-refractivity contribution in [1.29, 1.82) is 5.26 Å². The van der Waals surface area contributed by atoms with Crippen LogP contribution in [0.3, 0.4) is 0 Å². The highest BCUT2D eigenvalue weighted by Crippen LogP contribution is 2.35. The lowest BCUT2D eigenvalue weighted by Gasteiger charge is -2.20. The number of nitriles is 1. The van der Waals surface area contributed by atoms with Crippen LogP contribution in [0.5, 0.6) is 5.75 Å². The number of benzene rings is 1. The van der Waals surface area contributed by atoms with E-state index < -0.39 is 0 Å². The lowest BCUT2D eigenvalue weighted by Crippen LogP contribution is -2.27. The Kier molecular flexibility index (Phi) is 5.59. The zero-order valence-corrected chi connectivity index (χ0v) is 17.6. The molecule has 0 aliphatic carbocycles. The van der Waals surface area contributed by atoms with E-state index in [4.69, 9.17) is 10.00 Å². The van der Waals surface area contributed by atoms with E-state index in [-0.39, 0.29) is 5.91 Å². The van der Waals surface area contributed by atoms with Crippen molar-refractivity contribution in [2.45, 2.75) is 20.0 Å². The molecule has 0 spiro atoms. The number of carbonyl (C=O) groups is 1. The standard InChI is InChI=1S/C23H20N4O2S/c1-3-29-21-7-16(4-5-19(21)22-6-15(8-24)14-30-22)23(28)27(2)13-18-11-25-9-17-10-26-12-20(17)18/h4-7,9-11,14H,3,12-13H2,1-2H3. The Labute approximate surface area is 179 Å². The van der Waals surface area contributed by atoms with Gasteiger partial charge in [0.05, 0.1) is 18.7 Å². The van der Waals surface area contributed by atoms with Crippen LogP contribution in [0.25, 0.3) is 10.4 Å². The fourth-order valence-corrected chi connectivity index (χ4v) is 4.31. The van der Waals surface area contributed by atoms with Gasteiger partial charge >= 0.3 is 0 Å². The number of amides is 1. The van der Waals surface area contributed by atoms with E-state index >= 15 is 0 Å². The molecular weight excluding hydrogens is 396 g/mol. The minimum absolute atomic E-state index is 0.0945. The number of carbonyl (C=O) groups excluding carboxylic acids is 1. The lowest BCUT2D eigenvalue weighted by atomic mass is 10.1. The molecule has 1 aliphatic rings.